The SMILES string of the molecule is C=C/C(=C\C=C(C)C)C(C)=O.CC.CCCCN(CC)CC. The molecule has 0 spiro atoms. The topological polar surface area (TPSA) is 20.3 Å². The van der Waals surface area contributed by atoms with Crippen molar-refractivity contribution in [2.24, 2.45) is 0 Å². The monoisotopic (exact) mass is 309 g/mol. The van der Waals surface area contributed by atoms with E-state index in [1.54, 1.807) is 12.2 Å². The second-order valence-corrected chi connectivity index (χ2v) is 5.01. The molecule has 0 radical (unpaired) electrons. The molecule has 0 aliphatic rings. The molecule has 0 N–H and O–H groups in total. The maximum atomic E-state index is 10.8. The Morgan fingerprint density at radius 2 is 1.50 bits per heavy atom. The van der Waals surface area contributed by atoms with Crippen molar-refractivity contribution in [1.29, 1.82) is 0 Å². The van der Waals surface area contributed by atoms with Crippen molar-refractivity contribution in [3.63, 3.8) is 0 Å². The van der Waals surface area contributed by atoms with Crippen molar-refractivity contribution in [1.82, 2.24) is 4.90 Å². The van der Waals surface area contributed by atoms with E-state index in [1.807, 2.05) is 33.8 Å². The largest absolute Gasteiger partial charge is 0.304 e. The molecule has 0 unspecified atom stereocenters. The second-order valence-electron chi connectivity index (χ2n) is 5.01. The molecule has 0 aliphatic carbocycles. The Morgan fingerprint density at radius 3 is 1.77 bits per heavy atom. The molecule has 2 nitrogen and oxygen atoms in total. The van der Waals surface area contributed by atoms with E-state index in [0.29, 0.717) is 5.57 Å². The van der Waals surface area contributed by atoms with Crippen LogP contribution in [0.4, 0.5) is 0 Å². The number of nitrogens with zero attached hydrogens (tertiary/aromatic N) is 1. The standard InChI is InChI=1S/C10H14O.C8H19N.C2H6/c1-5-10(9(4)11)7-6-8(2)3;1-4-7-8-9(5-2)6-3;1-2/h5-7H,1H2,2-4H3;4-8H2,1-3H3;1-2H3/b10-7+;;. The van der Waals surface area contributed by atoms with Crippen LogP contribution in [0.25, 0.3) is 0 Å². The van der Waals surface area contributed by atoms with E-state index in [9.17, 15) is 4.79 Å². The molecular formula is C20H39NO. The first kappa shape index (κ1) is 25.8. The number of ketones is 1. The average Bonchev–Trinajstić information content (AvgIpc) is 2.51. The molecule has 0 rings (SSSR count). The number of carbonyl (C=O) groups excluding carboxylic acids is 1. The third-order valence-electron chi connectivity index (χ3n) is 2.94. The van der Waals surface area contributed by atoms with Crippen molar-refractivity contribution in [2.75, 3.05) is 19.6 Å². The summed E-state index contributed by atoms with van der Waals surface area (Å²) in [6.45, 7) is 23.4. The number of unbranched alkanes of at least 4 members (excludes halogenated alkanes) is 1. The Labute approximate surface area is 140 Å². The van der Waals surface area contributed by atoms with Crippen LogP contribution in [-0.4, -0.2) is 30.3 Å². The maximum absolute atomic E-state index is 10.8. The molecule has 0 heterocycles. The third kappa shape index (κ3) is 18.9. The van der Waals surface area contributed by atoms with E-state index in [1.165, 1.54) is 45.0 Å². The number of rotatable bonds is 8. The van der Waals surface area contributed by atoms with Crippen LogP contribution in [0.5, 0.6) is 0 Å². The van der Waals surface area contributed by atoms with Gasteiger partial charge in [-0.25, -0.2) is 0 Å². The van der Waals surface area contributed by atoms with Crippen molar-refractivity contribution >= 4 is 5.78 Å². The van der Waals surface area contributed by atoms with E-state index < -0.39 is 0 Å². The zero-order valence-electron chi connectivity index (χ0n) is 16.3. The Hall–Kier alpha value is -1.15. The van der Waals surface area contributed by atoms with E-state index >= 15 is 0 Å². The fraction of sp³-hybridized carbons (Fsp3) is 0.650. The molecular weight excluding hydrogens is 270 g/mol. The van der Waals surface area contributed by atoms with Gasteiger partial charge in [0, 0.05) is 5.57 Å². The van der Waals surface area contributed by atoms with Crippen LogP contribution in [0, 0.1) is 0 Å². The van der Waals surface area contributed by atoms with E-state index in [2.05, 4.69) is 32.3 Å². The van der Waals surface area contributed by atoms with Gasteiger partial charge in [-0.15, -0.1) is 0 Å². The minimum Gasteiger partial charge on any atom is -0.304 e. The lowest BCUT2D eigenvalue weighted by Gasteiger charge is -2.16. The molecule has 130 valence electrons. The summed E-state index contributed by atoms with van der Waals surface area (Å²) >= 11 is 0. The number of hydrogen-bond acceptors (Lipinski definition) is 2. The molecule has 0 aromatic carbocycles. The van der Waals surface area contributed by atoms with Crippen LogP contribution in [0.2, 0.25) is 0 Å². The number of Topliss-reactive ketones (excluding diaryl/α,β-unsaturated/α-hetero) is 1. The quantitative estimate of drug-likeness (QED) is 0.416. The number of carbonyl (C=O) groups is 1. The van der Waals surface area contributed by atoms with E-state index in [-0.39, 0.29) is 5.78 Å². The molecule has 0 aliphatic heterocycles. The van der Waals surface area contributed by atoms with Crippen LogP contribution in [0.15, 0.2) is 36.0 Å². The molecule has 2 heteroatoms. The summed E-state index contributed by atoms with van der Waals surface area (Å²) in [5.41, 5.74) is 1.83. The van der Waals surface area contributed by atoms with Crippen molar-refractivity contribution in [2.45, 2.75) is 68.2 Å². The van der Waals surface area contributed by atoms with Gasteiger partial charge in [-0.3, -0.25) is 4.79 Å². The Balaban J connectivity index is -0.000000299. The predicted molar refractivity (Wildman–Crippen MR) is 102 cm³/mol. The summed E-state index contributed by atoms with van der Waals surface area (Å²) in [4.78, 5) is 13.3. The highest BCUT2D eigenvalue weighted by molar-refractivity contribution is 5.96. The summed E-state index contributed by atoms with van der Waals surface area (Å²) in [7, 11) is 0. The highest BCUT2D eigenvalue weighted by Gasteiger charge is 1.95. The molecule has 0 aromatic heterocycles. The van der Waals surface area contributed by atoms with Gasteiger partial charge in [0.1, 0.15) is 0 Å². The molecule has 0 aromatic rings. The predicted octanol–water partition coefficient (Wildman–Crippen LogP) is 5.81. The summed E-state index contributed by atoms with van der Waals surface area (Å²) in [5, 5.41) is 0. The first-order valence-electron chi connectivity index (χ1n) is 8.63. The van der Waals surface area contributed by atoms with Crippen LogP contribution in [0.1, 0.15) is 68.2 Å². The number of allylic oxidation sites excluding steroid dienone is 5. The van der Waals surface area contributed by atoms with Gasteiger partial charge >= 0.3 is 0 Å². The molecule has 0 fully saturated rings. The fourth-order valence-electron chi connectivity index (χ4n) is 1.51. The normalized spacial score (nSPS) is 9.95. The Kier molecular flexibility index (Phi) is 23.3. The van der Waals surface area contributed by atoms with Gasteiger partial charge < -0.3 is 4.90 Å². The van der Waals surface area contributed by atoms with Gasteiger partial charge in [-0.05, 0) is 46.8 Å². The second kappa shape index (κ2) is 19.9. The summed E-state index contributed by atoms with van der Waals surface area (Å²) in [6.07, 6.45) is 7.92. The third-order valence-corrected chi connectivity index (χ3v) is 2.94. The van der Waals surface area contributed by atoms with Gasteiger partial charge in [0.2, 0.25) is 0 Å². The fourth-order valence-corrected chi connectivity index (χ4v) is 1.51. The summed E-state index contributed by atoms with van der Waals surface area (Å²) < 4.78 is 0. The smallest absolute Gasteiger partial charge is 0.159 e. The zero-order valence-corrected chi connectivity index (χ0v) is 16.3. The molecule has 0 amide bonds. The van der Waals surface area contributed by atoms with Gasteiger partial charge in [-0.1, -0.05) is 71.4 Å². The zero-order chi connectivity index (χ0) is 18.0. The van der Waals surface area contributed by atoms with E-state index in [4.69, 9.17) is 0 Å². The lowest BCUT2D eigenvalue weighted by Crippen LogP contribution is -2.23. The minimum absolute atomic E-state index is 0.0532. The van der Waals surface area contributed by atoms with E-state index in [0.717, 1.165) is 0 Å². The van der Waals surface area contributed by atoms with Crippen LogP contribution in [0.3, 0.4) is 0 Å². The highest BCUT2D eigenvalue weighted by Crippen LogP contribution is 1.99. The highest BCUT2D eigenvalue weighted by atomic mass is 16.1. The molecule has 0 saturated carbocycles. The van der Waals surface area contributed by atoms with Crippen LogP contribution < -0.4 is 0 Å². The van der Waals surface area contributed by atoms with Crippen molar-refractivity contribution < 1.29 is 4.79 Å². The first-order valence-corrected chi connectivity index (χ1v) is 8.63. The lowest BCUT2D eigenvalue weighted by molar-refractivity contribution is -0.113. The summed E-state index contributed by atoms with van der Waals surface area (Å²) in [5.74, 6) is 0.0532. The molecule has 0 saturated heterocycles. The van der Waals surface area contributed by atoms with Crippen LogP contribution >= 0.6 is 0 Å². The molecule has 22 heavy (non-hydrogen) atoms. The first-order chi connectivity index (χ1) is 10.4. The number of hydrogen-bond donors (Lipinski definition) is 0. The van der Waals surface area contributed by atoms with Gasteiger partial charge in [0.05, 0.1) is 0 Å². The van der Waals surface area contributed by atoms with Gasteiger partial charge in [-0.2, -0.15) is 0 Å². The Morgan fingerprint density at radius 1 is 1.00 bits per heavy atom. The minimum atomic E-state index is 0.0532. The van der Waals surface area contributed by atoms with Gasteiger partial charge in [0.15, 0.2) is 5.78 Å². The van der Waals surface area contributed by atoms with Crippen LogP contribution in [-0.2, 0) is 4.79 Å². The molecule has 0 atom stereocenters. The lowest BCUT2D eigenvalue weighted by atomic mass is 10.1. The Bertz CT molecular complexity index is 319. The maximum Gasteiger partial charge on any atom is 0.159 e. The average molecular weight is 310 g/mol. The summed E-state index contributed by atoms with van der Waals surface area (Å²) in [6, 6.07) is 0. The van der Waals surface area contributed by atoms with Gasteiger partial charge in [0.25, 0.3) is 0 Å². The molecule has 0 bridgehead atoms. The van der Waals surface area contributed by atoms with Crippen molar-refractivity contribution in [3.05, 3.63) is 36.0 Å². The van der Waals surface area contributed by atoms with Crippen molar-refractivity contribution in [3.8, 4) is 0 Å².